The zero-order valence-corrected chi connectivity index (χ0v) is 14.2. The van der Waals surface area contributed by atoms with E-state index in [9.17, 15) is 4.79 Å². The molecule has 1 atom stereocenters. The van der Waals surface area contributed by atoms with Gasteiger partial charge in [0.2, 0.25) is 6.79 Å². The average Bonchev–Trinajstić information content (AvgIpc) is 3.22. The predicted octanol–water partition coefficient (Wildman–Crippen LogP) is 2.21. The Labute approximate surface area is 146 Å². The topological polar surface area (TPSA) is 93.5 Å². The van der Waals surface area contributed by atoms with Crippen LogP contribution in [0.5, 0.6) is 11.5 Å². The molecule has 0 saturated carbocycles. The molecule has 1 amide bonds. The van der Waals surface area contributed by atoms with E-state index in [4.69, 9.17) is 15.2 Å². The van der Waals surface area contributed by atoms with E-state index < -0.39 is 0 Å². The van der Waals surface area contributed by atoms with Crippen molar-refractivity contribution in [1.82, 2.24) is 15.1 Å². The van der Waals surface area contributed by atoms with Gasteiger partial charge in [0.25, 0.3) is 5.91 Å². The fourth-order valence-electron chi connectivity index (χ4n) is 3.79. The van der Waals surface area contributed by atoms with Gasteiger partial charge in [-0.3, -0.25) is 9.89 Å². The molecule has 1 aromatic carbocycles. The van der Waals surface area contributed by atoms with Crippen molar-refractivity contribution in [2.24, 2.45) is 5.41 Å². The Kier molecular flexibility index (Phi) is 3.78. The number of ether oxygens (including phenoxy) is 2. The van der Waals surface area contributed by atoms with Gasteiger partial charge in [-0.2, -0.15) is 5.10 Å². The molecule has 0 radical (unpaired) electrons. The Balaban J connectivity index is 1.48. The number of likely N-dealkylation sites (tertiary alicyclic amines) is 1. The third-order valence-electron chi connectivity index (χ3n) is 4.96. The predicted molar refractivity (Wildman–Crippen MR) is 92.5 cm³/mol. The second-order valence-corrected chi connectivity index (χ2v) is 7.21. The van der Waals surface area contributed by atoms with Crippen LogP contribution in [0.25, 0.3) is 0 Å². The third kappa shape index (κ3) is 3.14. The molecule has 0 spiro atoms. The number of amides is 1. The molecule has 2 aromatic rings. The second kappa shape index (κ2) is 5.98. The van der Waals surface area contributed by atoms with E-state index in [1.165, 1.54) is 5.56 Å². The first-order chi connectivity index (χ1) is 12.0. The Bertz CT molecular complexity index is 803. The van der Waals surface area contributed by atoms with Crippen molar-refractivity contribution in [3.05, 3.63) is 35.5 Å². The number of benzene rings is 1. The Morgan fingerprint density at radius 1 is 1.36 bits per heavy atom. The lowest BCUT2D eigenvalue weighted by Gasteiger charge is -2.40. The fraction of sp³-hybridized carbons (Fsp3) is 0.444. The summed E-state index contributed by atoms with van der Waals surface area (Å²) in [4.78, 5) is 14.6. The highest BCUT2D eigenvalue weighted by molar-refractivity contribution is 5.93. The van der Waals surface area contributed by atoms with Crippen LogP contribution in [0.15, 0.2) is 24.3 Å². The number of rotatable bonds is 3. The molecule has 3 heterocycles. The molecule has 1 fully saturated rings. The van der Waals surface area contributed by atoms with Crippen LogP contribution in [-0.2, 0) is 6.42 Å². The molecule has 7 nitrogen and oxygen atoms in total. The van der Waals surface area contributed by atoms with Gasteiger partial charge in [0.05, 0.1) is 0 Å². The lowest BCUT2D eigenvalue weighted by atomic mass is 9.77. The number of aromatic amines is 1. The minimum Gasteiger partial charge on any atom is -0.454 e. The summed E-state index contributed by atoms with van der Waals surface area (Å²) in [5.41, 5.74) is 7.28. The lowest BCUT2D eigenvalue weighted by Crippen LogP contribution is -2.45. The maximum absolute atomic E-state index is 12.7. The van der Waals surface area contributed by atoms with Gasteiger partial charge in [0.1, 0.15) is 11.5 Å². The number of piperidine rings is 1. The largest absolute Gasteiger partial charge is 0.454 e. The number of anilines is 1. The van der Waals surface area contributed by atoms with Gasteiger partial charge in [-0.1, -0.05) is 13.0 Å². The summed E-state index contributed by atoms with van der Waals surface area (Å²) in [6.07, 6.45) is 2.95. The molecule has 0 unspecified atom stereocenters. The van der Waals surface area contributed by atoms with Gasteiger partial charge < -0.3 is 20.1 Å². The van der Waals surface area contributed by atoms with E-state index in [0.29, 0.717) is 18.1 Å². The number of H-pyrrole nitrogens is 1. The Hall–Kier alpha value is -2.70. The number of nitrogens with two attached hydrogens (primary N) is 1. The van der Waals surface area contributed by atoms with Gasteiger partial charge in [-0.05, 0) is 42.4 Å². The van der Waals surface area contributed by atoms with Crippen LogP contribution in [0, 0.1) is 5.41 Å². The number of fused-ring (bicyclic) bond motifs is 1. The minimum absolute atomic E-state index is 0.0210. The maximum atomic E-state index is 12.7. The molecule has 0 bridgehead atoms. The van der Waals surface area contributed by atoms with E-state index in [1.807, 2.05) is 17.0 Å². The number of aromatic nitrogens is 2. The first-order valence-electron chi connectivity index (χ1n) is 8.51. The Morgan fingerprint density at radius 2 is 2.20 bits per heavy atom. The fourth-order valence-corrected chi connectivity index (χ4v) is 3.79. The molecule has 4 rings (SSSR count). The maximum Gasteiger partial charge on any atom is 0.271 e. The number of nitrogens with zero attached hydrogens (tertiary/aromatic N) is 2. The van der Waals surface area contributed by atoms with E-state index in [2.05, 4.69) is 23.2 Å². The van der Waals surface area contributed by atoms with Gasteiger partial charge in [-0.25, -0.2) is 0 Å². The van der Waals surface area contributed by atoms with Crippen LogP contribution in [0.2, 0.25) is 0 Å². The van der Waals surface area contributed by atoms with Crippen molar-refractivity contribution in [3.63, 3.8) is 0 Å². The summed E-state index contributed by atoms with van der Waals surface area (Å²) in [5.74, 6) is 1.90. The Morgan fingerprint density at radius 3 is 3.00 bits per heavy atom. The van der Waals surface area contributed by atoms with Crippen LogP contribution in [0.1, 0.15) is 35.8 Å². The molecule has 132 valence electrons. The van der Waals surface area contributed by atoms with Gasteiger partial charge >= 0.3 is 0 Å². The van der Waals surface area contributed by atoms with Crippen LogP contribution in [-0.4, -0.2) is 40.9 Å². The first-order valence-corrected chi connectivity index (χ1v) is 8.51. The van der Waals surface area contributed by atoms with E-state index in [-0.39, 0.29) is 18.1 Å². The summed E-state index contributed by atoms with van der Waals surface area (Å²) < 4.78 is 10.8. The van der Waals surface area contributed by atoms with Crippen molar-refractivity contribution in [2.75, 3.05) is 25.6 Å². The zero-order valence-electron chi connectivity index (χ0n) is 14.2. The highest BCUT2D eigenvalue weighted by atomic mass is 16.7. The van der Waals surface area contributed by atoms with E-state index >= 15 is 0 Å². The number of carbonyl (C=O) groups excluding carboxylic acids is 1. The molecule has 1 saturated heterocycles. The normalized spacial score (nSPS) is 22.2. The van der Waals surface area contributed by atoms with E-state index in [1.54, 1.807) is 6.07 Å². The quantitative estimate of drug-likeness (QED) is 0.892. The van der Waals surface area contributed by atoms with E-state index in [0.717, 1.165) is 37.3 Å². The highest BCUT2D eigenvalue weighted by Gasteiger charge is 2.34. The molecule has 1 aromatic heterocycles. The highest BCUT2D eigenvalue weighted by Crippen LogP contribution is 2.37. The molecular formula is C18H22N4O3. The smallest absolute Gasteiger partial charge is 0.271 e. The molecule has 7 heteroatoms. The zero-order chi connectivity index (χ0) is 17.4. The number of hydrogen-bond acceptors (Lipinski definition) is 5. The SMILES string of the molecule is C[C@@]1(Cc2ccc3c(c2)OCO3)CCCN(C(=O)c2cc(N)n[nH]2)C1. The van der Waals surface area contributed by atoms with Crippen LogP contribution in [0.3, 0.4) is 0 Å². The van der Waals surface area contributed by atoms with Crippen LogP contribution < -0.4 is 15.2 Å². The summed E-state index contributed by atoms with van der Waals surface area (Å²) in [5, 5.41) is 6.56. The summed E-state index contributed by atoms with van der Waals surface area (Å²) in [6, 6.07) is 7.67. The van der Waals surface area contributed by atoms with Crippen molar-refractivity contribution >= 4 is 11.7 Å². The molecule has 25 heavy (non-hydrogen) atoms. The number of carbonyl (C=O) groups is 1. The van der Waals surface area contributed by atoms with Gasteiger partial charge in [-0.15, -0.1) is 0 Å². The van der Waals surface area contributed by atoms with Crippen molar-refractivity contribution < 1.29 is 14.3 Å². The lowest BCUT2D eigenvalue weighted by molar-refractivity contribution is 0.0545. The molecule has 2 aliphatic rings. The standard InChI is InChI=1S/C18H22N4O3/c1-18(9-12-3-4-14-15(7-12)25-11-24-14)5-2-6-22(10-18)17(23)13-8-16(19)21-20-13/h3-4,7-8H,2,5-6,9-11H2,1H3,(H3,19,20,21)/t18-/m0/s1. The number of nitrogens with one attached hydrogen (secondary N) is 1. The number of hydrogen-bond donors (Lipinski definition) is 2. The third-order valence-corrected chi connectivity index (χ3v) is 4.96. The minimum atomic E-state index is -0.0409. The van der Waals surface area contributed by atoms with Crippen LogP contribution >= 0.6 is 0 Å². The summed E-state index contributed by atoms with van der Waals surface area (Å²) >= 11 is 0. The molecule has 3 N–H and O–H groups in total. The number of nitrogen functional groups attached to an aromatic ring is 1. The molecule has 2 aliphatic heterocycles. The second-order valence-electron chi connectivity index (χ2n) is 7.21. The van der Waals surface area contributed by atoms with Gasteiger partial charge in [0.15, 0.2) is 11.5 Å². The molecular weight excluding hydrogens is 320 g/mol. The summed E-state index contributed by atoms with van der Waals surface area (Å²) in [6.45, 7) is 3.98. The van der Waals surface area contributed by atoms with Crippen molar-refractivity contribution in [1.29, 1.82) is 0 Å². The van der Waals surface area contributed by atoms with Crippen LogP contribution in [0.4, 0.5) is 5.82 Å². The molecule has 0 aliphatic carbocycles. The van der Waals surface area contributed by atoms with Crippen molar-refractivity contribution in [2.45, 2.75) is 26.2 Å². The first kappa shape index (κ1) is 15.8. The van der Waals surface area contributed by atoms with Gasteiger partial charge in [0, 0.05) is 19.2 Å². The van der Waals surface area contributed by atoms with Crippen molar-refractivity contribution in [3.8, 4) is 11.5 Å². The average molecular weight is 342 g/mol. The summed E-state index contributed by atoms with van der Waals surface area (Å²) in [7, 11) is 0. The monoisotopic (exact) mass is 342 g/mol.